The number of ether oxygens (including phenoxy) is 2. The van der Waals surface area contributed by atoms with Crippen LogP contribution in [0.4, 0.5) is 0 Å². The van der Waals surface area contributed by atoms with Crippen LogP contribution in [-0.4, -0.2) is 44.2 Å². The molecule has 6 heteroatoms. The quantitative estimate of drug-likeness (QED) is 0.436. The molecule has 2 rings (SSSR count). The van der Waals surface area contributed by atoms with E-state index in [2.05, 4.69) is 42.9 Å². The number of benzene rings is 1. The van der Waals surface area contributed by atoms with Crippen LogP contribution < -0.4 is 14.8 Å². The molecule has 0 aliphatic carbocycles. The van der Waals surface area contributed by atoms with Gasteiger partial charge in [0.2, 0.25) is 0 Å². The van der Waals surface area contributed by atoms with E-state index in [1.165, 1.54) is 0 Å². The molecule has 0 spiro atoms. The summed E-state index contributed by atoms with van der Waals surface area (Å²) in [5.74, 6) is 2.42. The molecule has 1 aliphatic heterocycles. The Morgan fingerprint density at radius 2 is 1.79 bits per heavy atom. The number of methoxy groups -OCH3 is 2. The van der Waals surface area contributed by atoms with Gasteiger partial charge in [-0.3, -0.25) is 4.99 Å². The zero-order valence-corrected chi connectivity index (χ0v) is 18.1. The second-order valence-corrected chi connectivity index (χ2v) is 7.12. The average Bonchev–Trinajstić information content (AvgIpc) is 2.53. The first kappa shape index (κ1) is 20.9. The first-order chi connectivity index (χ1) is 10.8. The van der Waals surface area contributed by atoms with E-state index in [9.17, 15) is 0 Å². The van der Waals surface area contributed by atoms with Crippen molar-refractivity contribution >= 4 is 29.9 Å². The van der Waals surface area contributed by atoms with E-state index in [-0.39, 0.29) is 34.9 Å². The highest BCUT2D eigenvalue weighted by Gasteiger charge is 2.53. The van der Waals surface area contributed by atoms with Gasteiger partial charge < -0.3 is 19.7 Å². The number of halogens is 1. The number of guanidine groups is 1. The van der Waals surface area contributed by atoms with Crippen LogP contribution in [0.2, 0.25) is 0 Å². The van der Waals surface area contributed by atoms with Gasteiger partial charge in [-0.15, -0.1) is 24.0 Å². The Labute approximate surface area is 162 Å². The molecule has 1 saturated heterocycles. The van der Waals surface area contributed by atoms with Crippen molar-refractivity contribution in [3.8, 4) is 11.5 Å². The van der Waals surface area contributed by atoms with E-state index in [1.54, 1.807) is 14.2 Å². The Morgan fingerprint density at radius 1 is 1.17 bits per heavy atom. The van der Waals surface area contributed by atoms with Crippen LogP contribution in [0.15, 0.2) is 23.2 Å². The Bertz CT molecular complexity index is 600. The predicted octanol–water partition coefficient (Wildman–Crippen LogP) is 3.52. The largest absolute Gasteiger partial charge is 0.493 e. The van der Waals surface area contributed by atoms with E-state index in [1.807, 2.05) is 25.2 Å². The topological polar surface area (TPSA) is 46.1 Å². The van der Waals surface area contributed by atoms with Gasteiger partial charge in [0.05, 0.1) is 14.2 Å². The molecule has 0 amide bonds. The summed E-state index contributed by atoms with van der Waals surface area (Å²) < 4.78 is 10.6. The third kappa shape index (κ3) is 3.73. The van der Waals surface area contributed by atoms with Crippen molar-refractivity contribution in [2.75, 3.05) is 27.8 Å². The average molecular weight is 447 g/mol. The molecule has 1 fully saturated rings. The zero-order chi connectivity index (χ0) is 17.3. The van der Waals surface area contributed by atoms with Gasteiger partial charge in [-0.1, -0.05) is 19.9 Å². The minimum Gasteiger partial charge on any atom is -0.493 e. The van der Waals surface area contributed by atoms with E-state index in [0.717, 1.165) is 29.6 Å². The number of aliphatic imine (C=N–C) groups is 1. The standard InChI is InChI=1S/C18H29N3O2.HI/c1-17(2)12-21(18(17,3)4)16(19-5)20-11-13-8-9-14(22-6)15(10-13)23-7;/h8-10H,11-12H2,1-7H3,(H,19,20);1H. The summed E-state index contributed by atoms with van der Waals surface area (Å²) in [4.78, 5) is 6.77. The van der Waals surface area contributed by atoms with Crippen LogP contribution in [0.25, 0.3) is 0 Å². The van der Waals surface area contributed by atoms with Crippen LogP contribution in [-0.2, 0) is 6.54 Å². The second kappa shape index (κ2) is 7.80. The SMILES string of the molecule is CN=C(NCc1ccc(OC)c(OC)c1)N1CC(C)(C)C1(C)C.I. The molecular weight excluding hydrogens is 417 g/mol. The van der Waals surface area contributed by atoms with Crippen molar-refractivity contribution in [3.63, 3.8) is 0 Å². The fourth-order valence-corrected chi connectivity index (χ4v) is 2.87. The molecule has 1 N–H and O–H groups in total. The Kier molecular flexibility index (Phi) is 6.78. The highest BCUT2D eigenvalue weighted by Crippen LogP contribution is 2.46. The molecule has 1 aromatic rings. The molecule has 5 nitrogen and oxygen atoms in total. The molecule has 24 heavy (non-hydrogen) atoms. The summed E-state index contributed by atoms with van der Waals surface area (Å²) in [6, 6.07) is 5.95. The van der Waals surface area contributed by atoms with Gasteiger partial charge in [0.25, 0.3) is 0 Å². The van der Waals surface area contributed by atoms with E-state index >= 15 is 0 Å². The van der Waals surface area contributed by atoms with Gasteiger partial charge in [0.15, 0.2) is 17.5 Å². The van der Waals surface area contributed by atoms with Crippen LogP contribution in [0.1, 0.15) is 33.3 Å². The Hall–Kier alpha value is -1.18. The lowest BCUT2D eigenvalue weighted by Gasteiger charge is -2.62. The molecule has 0 atom stereocenters. The molecule has 1 heterocycles. The second-order valence-electron chi connectivity index (χ2n) is 7.12. The smallest absolute Gasteiger partial charge is 0.194 e. The third-order valence-electron chi connectivity index (χ3n) is 5.25. The summed E-state index contributed by atoms with van der Waals surface area (Å²) in [6.07, 6.45) is 0. The van der Waals surface area contributed by atoms with Crippen molar-refractivity contribution in [1.29, 1.82) is 0 Å². The summed E-state index contributed by atoms with van der Waals surface area (Å²) >= 11 is 0. The number of nitrogens with one attached hydrogen (secondary N) is 1. The number of nitrogens with zero attached hydrogens (tertiary/aromatic N) is 2. The van der Waals surface area contributed by atoms with Crippen LogP contribution in [0.3, 0.4) is 0 Å². The normalized spacial score (nSPS) is 18.3. The van der Waals surface area contributed by atoms with E-state index in [0.29, 0.717) is 6.54 Å². The maximum Gasteiger partial charge on any atom is 0.194 e. The minimum absolute atomic E-state index is 0. The Morgan fingerprint density at radius 3 is 2.25 bits per heavy atom. The van der Waals surface area contributed by atoms with Crippen molar-refractivity contribution < 1.29 is 9.47 Å². The van der Waals surface area contributed by atoms with Gasteiger partial charge in [-0.25, -0.2) is 0 Å². The van der Waals surface area contributed by atoms with Crippen molar-refractivity contribution in [2.24, 2.45) is 10.4 Å². The molecule has 0 aromatic heterocycles. The molecule has 0 radical (unpaired) electrons. The van der Waals surface area contributed by atoms with Gasteiger partial charge in [0.1, 0.15) is 0 Å². The van der Waals surface area contributed by atoms with Crippen LogP contribution in [0, 0.1) is 5.41 Å². The van der Waals surface area contributed by atoms with Gasteiger partial charge >= 0.3 is 0 Å². The van der Waals surface area contributed by atoms with Crippen LogP contribution >= 0.6 is 24.0 Å². The number of likely N-dealkylation sites (tertiary alicyclic amines) is 1. The summed E-state index contributed by atoms with van der Waals surface area (Å²) in [7, 11) is 5.13. The lowest BCUT2D eigenvalue weighted by molar-refractivity contribution is -0.0667. The first-order valence-electron chi connectivity index (χ1n) is 7.96. The molecular formula is C18H30IN3O2. The van der Waals surface area contributed by atoms with Gasteiger partial charge in [-0.05, 0) is 31.5 Å². The molecule has 0 saturated carbocycles. The maximum absolute atomic E-state index is 5.36. The lowest BCUT2D eigenvalue weighted by atomic mass is 9.65. The molecule has 136 valence electrons. The van der Waals surface area contributed by atoms with Crippen molar-refractivity contribution in [2.45, 2.75) is 39.8 Å². The molecule has 1 aromatic carbocycles. The van der Waals surface area contributed by atoms with Crippen molar-refractivity contribution in [3.05, 3.63) is 23.8 Å². The molecule has 0 unspecified atom stereocenters. The number of hydrogen-bond donors (Lipinski definition) is 1. The van der Waals surface area contributed by atoms with E-state index in [4.69, 9.17) is 9.47 Å². The third-order valence-corrected chi connectivity index (χ3v) is 5.25. The molecule has 0 bridgehead atoms. The highest BCUT2D eigenvalue weighted by atomic mass is 127. The predicted molar refractivity (Wildman–Crippen MR) is 110 cm³/mol. The van der Waals surface area contributed by atoms with Gasteiger partial charge in [0, 0.05) is 31.1 Å². The zero-order valence-electron chi connectivity index (χ0n) is 15.8. The van der Waals surface area contributed by atoms with Crippen LogP contribution in [0.5, 0.6) is 11.5 Å². The molecule has 1 aliphatic rings. The fraction of sp³-hybridized carbons (Fsp3) is 0.611. The van der Waals surface area contributed by atoms with E-state index < -0.39 is 0 Å². The Balaban J connectivity index is 0.00000288. The minimum atomic E-state index is 0. The summed E-state index contributed by atoms with van der Waals surface area (Å²) in [5.41, 5.74) is 1.50. The van der Waals surface area contributed by atoms with Gasteiger partial charge in [-0.2, -0.15) is 0 Å². The summed E-state index contributed by atoms with van der Waals surface area (Å²) in [5, 5.41) is 3.45. The monoisotopic (exact) mass is 447 g/mol. The highest BCUT2D eigenvalue weighted by molar-refractivity contribution is 14.0. The lowest BCUT2D eigenvalue weighted by Crippen LogP contribution is -2.72. The first-order valence-corrected chi connectivity index (χ1v) is 7.96. The fourth-order valence-electron chi connectivity index (χ4n) is 2.87. The summed E-state index contributed by atoms with van der Waals surface area (Å²) in [6.45, 7) is 10.8. The van der Waals surface area contributed by atoms with Crippen molar-refractivity contribution in [1.82, 2.24) is 10.2 Å². The number of rotatable bonds is 4. The number of hydrogen-bond acceptors (Lipinski definition) is 3. The maximum atomic E-state index is 5.36.